The molecule has 0 bridgehead atoms. The number of carboxylic acid groups (broad SMARTS) is 1. The topological polar surface area (TPSA) is 75.6 Å². The number of hydrogen-bond donors (Lipinski definition) is 2. The molecule has 0 aromatic heterocycles. The van der Waals surface area contributed by atoms with Crippen molar-refractivity contribution in [3.8, 4) is 0 Å². The Kier molecular flexibility index (Phi) is 4.28. The van der Waals surface area contributed by atoms with Crippen LogP contribution in [-0.2, 0) is 9.53 Å². The van der Waals surface area contributed by atoms with E-state index in [0.717, 1.165) is 12.8 Å². The van der Waals surface area contributed by atoms with E-state index < -0.39 is 29.1 Å². The van der Waals surface area contributed by atoms with Crippen LogP contribution in [0.4, 0.5) is 4.79 Å². The predicted molar refractivity (Wildman–Crippen MR) is 71.8 cm³/mol. The fourth-order valence-corrected chi connectivity index (χ4v) is 2.10. The van der Waals surface area contributed by atoms with Crippen LogP contribution in [0.3, 0.4) is 0 Å². The van der Waals surface area contributed by atoms with Gasteiger partial charge in [-0.25, -0.2) is 9.59 Å². The Morgan fingerprint density at radius 1 is 1.58 bits per heavy atom. The maximum absolute atomic E-state index is 11.8. The van der Waals surface area contributed by atoms with E-state index in [0.29, 0.717) is 0 Å². The van der Waals surface area contributed by atoms with Crippen molar-refractivity contribution < 1.29 is 19.4 Å². The van der Waals surface area contributed by atoms with Crippen LogP contribution in [0.1, 0.15) is 40.5 Å². The lowest BCUT2D eigenvalue weighted by Crippen LogP contribution is -2.50. The number of carboxylic acids is 1. The first-order valence-corrected chi connectivity index (χ1v) is 6.43. The maximum Gasteiger partial charge on any atom is 0.408 e. The molecule has 0 aliphatic heterocycles. The Morgan fingerprint density at radius 3 is 2.58 bits per heavy atom. The van der Waals surface area contributed by atoms with Gasteiger partial charge in [0.1, 0.15) is 11.6 Å². The lowest BCUT2D eigenvalue weighted by molar-refractivity contribution is -0.142. The van der Waals surface area contributed by atoms with E-state index in [9.17, 15) is 9.59 Å². The summed E-state index contributed by atoms with van der Waals surface area (Å²) in [5.41, 5.74) is -1.06. The van der Waals surface area contributed by atoms with Gasteiger partial charge in [0.15, 0.2) is 0 Å². The van der Waals surface area contributed by atoms with E-state index in [1.165, 1.54) is 0 Å². The summed E-state index contributed by atoms with van der Waals surface area (Å²) in [5.74, 6) is -0.776. The number of aliphatic carboxylic acids is 1. The molecule has 1 amide bonds. The SMILES string of the molecule is C=CCC1C[C@]1(C)OC(=O)N[C@H](C(=O)O)C(C)(C)C. The number of carbonyl (C=O) groups is 2. The first-order chi connectivity index (χ1) is 8.60. The van der Waals surface area contributed by atoms with Gasteiger partial charge in [0.25, 0.3) is 0 Å². The molecule has 0 radical (unpaired) electrons. The van der Waals surface area contributed by atoms with E-state index >= 15 is 0 Å². The molecule has 1 aliphatic carbocycles. The Morgan fingerprint density at radius 2 is 2.16 bits per heavy atom. The number of amides is 1. The van der Waals surface area contributed by atoms with Crippen LogP contribution in [-0.4, -0.2) is 28.8 Å². The second-order valence-corrected chi connectivity index (χ2v) is 6.41. The lowest BCUT2D eigenvalue weighted by atomic mass is 9.87. The van der Waals surface area contributed by atoms with Crippen molar-refractivity contribution in [3.63, 3.8) is 0 Å². The minimum absolute atomic E-state index is 0.286. The summed E-state index contributed by atoms with van der Waals surface area (Å²) >= 11 is 0. The minimum Gasteiger partial charge on any atom is -0.480 e. The highest BCUT2D eigenvalue weighted by atomic mass is 16.6. The molecule has 5 nitrogen and oxygen atoms in total. The molecule has 0 saturated heterocycles. The summed E-state index contributed by atoms with van der Waals surface area (Å²) in [7, 11) is 0. The van der Waals surface area contributed by atoms with E-state index in [1.54, 1.807) is 26.8 Å². The highest BCUT2D eigenvalue weighted by Gasteiger charge is 2.53. The molecule has 1 aliphatic rings. The van der Waals surface area contributed by atoms with Gasteiger partial charge in [-0.15, -0.1) is 6.58 Å². The fourth-order valence-electron chi connectivity index (χ4n) is 2.10. The molecule has 5 heteroatoms. The summed E-state index contributed by atoms with van der Waals surface area (Å²) in [4.78, 5) is 22.9. The van der Waals surface area contributed by atoms with Crippen LogP contribution < -0.4 is 5.32 Å². The molecule has 108 valence electrons. The molecule has 0 aromatic carbocycles. The molecule has 0 spiro atoms. The number of alkyl carbamates (subject to hydrolysis) is 1. The molecular formula is C14H23NO4. The standard InChI is InChI=1S/C14H23NO4/c1-6-7-9-8-14(9,5)19-12(18)15-10(11(16)17)13(2,3)4/h6,9-10H,1,7-8H2,2-5H3,(H,15,18)(H,16,17)/t9?,10-,14+/m1/s1. The number of ether oxygens (including phenoxy) is 1. The number of nitrogens with one attached hydrogen (secondary N) is 1. The maximum atomic E-state index is 11.8. The summed E-state index contributed by atoms with van der Waals surface area (Å²) in [6, 6.07) is -0.972. The molecule has 3 atom stereocenters. The number of rotatable bonds is 5. The molecule has 1 saturated carbocycles. The molecule has 0 heterocycles. The van der Waals surface area contributed by atoms with Crippen LogP contribution >= 0.6 is 0 Å². The van der Waals surface area contributed by atoms with Crippen molar-refractivity contribution in [1.82, 2.24) is 5.32 Å². The van der Waals surface area contributed by atoms with Crippen molar-refractivity contribution >= 4 is 12.1 Å². The third-order valence-electron chi connectivity index (χ3n) is 3.51. The normalized spacial score (nSPS) is 27.3. The van der Waals surface area contributed by atoms with Gasteiger partial charge in [0.2, 0.25) is 0 Å². The number of carbonyl (C=O) groups excluding carboxylic acids is 1. The Bertz CT molecular complexity index is 385. The highest BCUT2D eigenvalue weighted by Crippen LogP contribution is 2.48. The molecule has 1 fully saturated rings. The monoisotopic (exact) mass is 269 g/mol. The van der Waals surface area contributed by atoms with Crippen LogP contribution in [0.25, 0.3) is 0 Å². The number of hydrogen-bond acceptors (Lipinski definition) is 3. The summed E-state index contributed by atoms with van der Waals surface area (Å²) in [6.07, 6.45) is 2.72. The van der Waals surface area contributed by atoms with Crippen molar-refractivity contribution in [2.45, 2.75) is 52.2 Å². The van der Waals surface area contributed by atoms with Crippen LogP contribution in [0.2, 0.25) is 0 Å². The van der Waals surface area contributed by atoms with Gasteiger partial charge in [-0.05, 0) is 25.2 Å². The lowest BCUT2D eigenvalue weighted by Gasteiger charge is -2.28. The molecule has 1 rings (SSSR count). The van der Waals surface area contributed by atoms with E-state index in [2.05, 4.69) is 11.9 Å². The average molecular weight is 269 g/mol. The first-order valence-electron chi connectivity index (χ1n) is 6.43. The zero-order chi connectivity index (χ0) is 14.8. The van der Waals surface area contributed by atoms with Crippen molar-refractivity contribution in [2.24, 2.45) is 11.3 Å². The molecule has 1 unspecified atom stereocenters. The number of allylic oxidation sites excluding steroid dienone is 1. The van der Waals surface area contributed by atoms with Gasteiger partial charge in [-0.1, -0.05) is 26.8 Å². The van der Waals surface area contributed by atoms with Crippen molar-refractivity contribution in [3.05, 3.63) is 12.7 Å². The third kappa shape index (κ3) is 3.98. The van der Waals surface area contributed by atoms with Crippen molar-refractivity contribution in [1.29, 1.82) is 0 Å². The van der Waals surface area contributed by atoms with Gasteiger partial charge >= 0.3 is 12.1 Å². The van der Waals surface area contributed by atoms with E-state index in [-0.39, 0.29) is 5.92 Å². The van der Waals surface area contributed by atoms with Crippen LogP contribution in [0.15, 0.2) is 12.7 Å². The van der Waals surface area contributed by atoms with E-state index in [4.69, 9.17) is 9.84 Å². The average Bonchev–Trinajstić information content (AvgIpc) is 2.83. The van der Waals surface area contributed by atoms with Gasteiger partial charge < -0.3 is 15.2 Å². The Balaban J connectivity index is 2.56. The third-order valence-corrected chi connectivity index (χ3v) is 3.51. The fraction of sp³-hybridized carbons (Fsp3) is 0.714. The van der Waals surface area contributed by atoms with Crippen LogP contribution in [0, 0.1) is 11.3 Å². The van der Waals surface area contributed by atoms with Crippen LogP contribution in [0.5, 0.6) is 0 Å². The zero-order valence-electron chi connectivity index (χ0n) is 12.0. The molecule has 2 N–H and O–H groups in total. The second-order valence-electron chi connectivity index (χ2n) is 6.41. The predicted octanol–water partition coefficient (Wildman–Crippen LogP) is 2.57. The smallest absolute Gasteiger partial charge is 0.408 e. The van der Waals surface area contributed by atoms with E-state index in [1.807, 2.05) is 6.92 Å². The largest absolute Gasteiger partial charge is 0.480 e. The summed E-state index contributed by atoms with van der Waals surface area (Å²) in [5, 5.41) is 11.6. The van der Waals surface area contributed by atoms with Gasteiger partial charge in [0, 0.05) is 5.92 Å². The first kappa shape index (κ1) is 15.5. The second kappa shape index (κ2) is 5.23. The highest BCUT2D eigenvalue weighted by molar-refractivity contribution is 5.80. The zero-order valence-corrected chi connectivity index (χ0v) is 12.0. The summed E-state index contributed by atoms with van der Waals surface area (Å²) in [6.45, 7) is 10.8. The summed E-state index contributed by atoms with van der Waals surface area (Å²) < 4.78 is 5.33. The van der Waals surface area contributed by atoms with Crippen molar-refractivity contribution in [2.75, 3.05) is 0 Å². The van der Waals surface area contributed by atoms with Gasteiger partial charge in [-0.2, -0.15) is 0 Å². The Hall–Kier alpha value is -1.52. The van der Waals surface area contributed by atoms with Gasteiger partial charge in [-0.3, -0.25) is 0 Å². The quantitative estimate of drug-likeness (QED) is 0.752. The minimum atomic E-state index is -1.06. The van der Waals surface area contributed by atoms with Gasteiger partial charge in [0.05, 0.1) is 0 Å². The molecular weight excluding hydrogens is 246 g/mol. The molecule has 19 heavy (non-hydrogen) atoms. The Labute approximate surface area is 114 Å². The molecule has 0 aromatic rings.